The Hall–Kier alpha value is -3.81. The van der Waals surface area contributed by atoms with Crippen LogP contribution >= 0.6 is 0 Å². The molecule has 0 fully saturated rings. The molecule has 1 amide bonds. The van der Waals surface area contributed by atoms with E-state index in [-0.39, 0.29) is 11.3 Å². The van der Waals surface area contributed by atoms with Crippen molar-refractivity contribution in [3.8, 4) is 0 Å². The van der Waals surface area contributed by atoms with E-state index in [0.29, 0.717) is 6.54 Å². The van der Waals surface area contributed by atoms with E-state index >= 15 is 0 Å². The maximum atomic E-state index is 12.1. The molecule has 8 nitrogen and oxygen atoms in total. The first kappa shape index (κ1) is 19.0. The maximum absolute atomic E-state index is 12.1. The van der Waals surface area contributed by atoms with E-state index in [1.165, 1.54) is 24.3 Å². The number of nitrogens with zero attached hydrogens (tertiary/aromatic N) is 4. The van der Waals surface area contributed by atoms with Gasteiger partial charge in [-0.15, -0.1) is 0 Å². The Morgan fingerprint density at radius 2 is 1.86 bits per heavy atom. The zero-order valence-corrected chi connectivity index (χ0v) is 15.5. The van der Waals surface area contributed by atoms with Gasteiger partial charge < -0.3 is 0 Å². The number of rotatable bonds is 6. The summed E-state index contributed by atoms with van der Waals surface area (Å²) in [5.41, 5.74) is 6.37. The monoisotopic (exact) mass is 377 g/mol. The lowest BCUT2D eigenvalue weighted by Gasteiger charge is -2.04. The maximum Gasteiger partial charge on any atom is 0.271 e. The molecule has 0 aliphatic carbocycles. The summed E-state index contributed by atoms with van der Waals surface area (Å²) < 4.78 is 1.89. The van der Waals surface area contributed by atoms with Crippen molar-refractivity contribution in [3.05, 3.63) is 92.8 Å². The standard InChI is InChI=1S/C20H19N5O3/c1-14-19(15(2)24(23-14)13-16-6-4-3-5-7-16)12-21-22-20(26)17-8-10-18(11-9-17)25(27)28/h3-12H,13H2,1-2H3,(H,22,26)/b21-12-. The predicted molar refractivity (Wildman–Crippen MR) is 105 cm³/mol. The van der Waals surface area contributed by atoms with Crippen molar-refractivity contribution >= 4 is 17.8 Å². The zero-order valence-electron chi connectivity index (χ0n) is 15.5. The first-order chi connectivity index (χ1) is 13.5. The highest BCUT2D eigenvalue weighted by molar-refractivity contribution is 5.95. The summed E-state index contributed by atoms with van der Waals surface area (Å²) in [6.45, 7) is 4.48. The molecule has 1 aromatic heterocycles. The van der Waals surface area contributed by atoms with Gasteiger partial charge >= 0.3 is 0 Å². The summed E-state index contributed by atoms with van der Waals surface area (Å²) in [6.07, 6.45) is 1.56. The topological polar surface area (TPSA) is 102 Å². The molecule has 0 bridgehead atoms. The van der Waals surface area contributed by atoms with E-state index in [2.05, 4.69) is 15.6 Å². The van der Waals surface area contributed by atoms with Gasteiger partial charge in [0.15, 0.2) is 0 Å². The summed E-state index contributed by atoms with van der Waals surface area (Å²) in [6, 6.07) is 15.3. The SMILES string of the molecule is Cc1nn(Cc2ccccc2)c(C)c1/C=N\NC(=O)c1ccc([N+](=O)[O-])cc1. The van der Waals surface area contributed by atoms with Gasteiger partial charge in [-0.2, -0.15) is 10.2 Å². The highest BCUT2D eigenvalue weighted by atomic mass is 16.6. The largest absolute Gasteiger partial charge is 0.271 e. The van der Waals surface area contributed by atoms with E-state index in [1.807, 2.05) is 48.9 Å². The number of nitro benzene ring substituents is 1. The third-order valence-electron chi connectivity index (χ3n) is 4.31. The van der Waals surface area contributed by atoms with E-state index < -0.39 is 10.8 Å². The van der Waals surface area contributed by atoms with Gasteiger partial charge in [0.05, 0.1) is 23.4 Å². The van der Waals surface area contributed by atoms with E-state index in [1.54, 1.807) is 6.21 Å². The number of non-ortho nitro benzene ring substituents is 1. The normalized spacial score (nSPS) is 10.9. The lowest BCUT2D eigenvalue weighted by atomic mass is 10.2. The molecular formula is C20H19N5O3. The smallest absolute Gasteiger partial charge is 0.267 e. The fraction of sp³-hybridized carbons (Fsp3) is 0.150. The van der Waals surface area contributed by atoms with Crippen molar-refractivity contribution < 1.29 is 9.72 Å². The lowest BCUT2D eigenvalue weighted by molar-refractivity contribution is -0.384. The molecule has 3 rings (SSSR count). The first-order valence-corrected chi connectivity index (χ1v) is 8.61. The van der Waals surface area contributed by atoms with Crippen molar-refractivity contribution in [2.45, 2.75) is 20.4 Å². The van der Waals surface area contributed by atoms with Crippen molar-refractivity contribution in [3.63, 3.8) is 0 Å². The minimum atomic E-state index is -0.515. The van der Waals surface area contributed by atoms with Crippen LogP contribution in [0.15, 0.2) is 59.7 Å². The number of aryl methyl sites for hydroxylation is 1. The molecule has 1 heterocycles. The Labute approximate surface area is 161 Å². The number of amides is 1. The molecule has 0 saturated heterocycles. The highest BCUT2D eigenvalue weighted by Crippen LogP contribution is 2.14. The molecular weight excluding hydrogens is 358 g/mol. The van der Waals surface area contributed by atoms with Gasteiger partial charge in [0.25, 0.3) is 11.6 Å². The van der Waals surface area contributed by atoms with E-state index in [9.17, 15) is 14.9 Å². The molecule has 2 aromatic carbocycles. The van der Waals surface area contributed by atoms with Gasteiger partial charge in [-0.1, -0.05) is 30.3 Å². The average molecular weight is 377 g/mol. The number of hydrogen-bond donors (Lipinski definition) is 1. The predicted octanol–water partition coefficient (Wildman–Crippen LogP) is 3.22. The van der Waals surface area contributed by atoms with Crippen LogP contribution in [0.5, 0.6) is 0 Å². The lowest BCUT2D eigenvalue weighted by Crippen LogP contribution is -2.17. The van der Waals surface area contributed by atoms with Crippen molar-refractivity contribution in [2.75, 3.05) is 0 Å². The van der Waals surface area contributed by atoms with Gasteiger partial charge in [-0.25, -0.2) is 5.43 Å². The number of benzene rings is 2. The van der Waals surface area contributed by atoms with Gasteiger partial charge in [0.2, 0.25) is 0 Å². The molecule has 0 aliphatic heterocycles. The summed E-state index contributed by atoms with van der Waals surface area (Å²) in [5, 5.41) is 19.2. The molecule has 3 aromatic rings. The zero-order chi connectivity index (χ0) is 20.1. The summed E-state index contributed by atoms with van der Waals surface area (Å²) >= 11 is 0. The summed E-state index contributed by atoms with van der Waals surface area (Å²) in [7, 11) is 0. The van der Waals surface area contributed by atoms with Crippen molar-refractivity contribution in [2.24, 2.45) is 5.10 Å². The van der Waals surface area contributed by atoms with Gasteiger partial charge in [-0.05, 0) is 31.5 Å². The summed E-state index contributed by atoms with van der Waals surface area (Å²) in [5.74, 6) is -0.446. The third kappa shape index (κ3) is 4.29. The van der Waals surface area contributed by atoms with Crippen LogP contribution in [0.25, 0.3) is 0 Å². The molecule has 142 valence electrons. The van der Waals surface area contributed by atoms with Crippen LogP contribution in [-0.2, 0) is 6.54 Å². The Morgan fingerprint density at radius 1 is 1.18 bits per heavy atom. The number of carbonyl (C=O) groups excluding carboxylic acids is 1. The van der Waals surface area contributed by atoms with Crippen molar-refractivity contribution in [1.82, 2.24) is 15.2 Å². The average Bonchev–Trinajstić information content (AvgIpc) is 2.96. The number of nitro groups is 1. The number of aromatic nitrogens is 2. The highest BCUT2D eigenvalue weighted by Gasteiger charge is 2.11. The second-order valence-corrected chi connectivity index (χ2v) is 6.23. The van der Waals surface area contributed by atoms with Gasteiger partial charge in [-0.3, -0.25) is 19.6 Å². The minimum absolute atomic E-state index is 0.0721. The Balaban J connectivity index is 1.68. The molecule has 0 atom stereocenters. The van der Waals surface area contributed by atoms with Crippen LogP contribution in [0.2, 0.25) is 0 Å². The number of hydrazone groups is 1. The first-order valence-electron chi connectivity index (χ1n) is 8.61. The molecule has 8 heteroatoms. The van der Waals surface area contributed by atoms with E-state index in [4.69, 9.17) is 0 Å². The van der Waals surface area contributed by atoms with Gasteiger partial charge in [0.1, 0.15) is 0 Å². The van der Waals surface area contributed by atoms with Crippen LogP contribution in [-0.4, -0.2) is 26.8 Å². The van der Waals surface area contributed by atoms with Crippen LogP contribution in [0.4, 0.5) is 5.69 Å². The van der Waals surface area contributed by atoms with Gasteiger partial charge in [0, 0.05) is 29.0 Å². The fourth-order valence-corrected chi connectivity index (χ4v) is 2.76. The Bertz CT molecular complexity index is 1020. The second-order valence-electron chi connectivity index (χ2n) is 6.23. The van der Waals surface area contributed by atoms with Crippen LogP contribution in [0, 0.1) is 24.0 Å². The number of hydrogen-bond acceptors (Lipinski definition) is 5. The number of nitrogens with one attached hydrogen (secondary N) is 1. The number of carbonyl (C=O) groups is 1. The molecule has 0 spiro atoms. The summed E-state index contributed by atoms with van der Waals surface area (Å²) in [4.78, 5) is 22.3. The quantitative estimate of drug-likeness (QED) is 0.405. The minimum Gasteiger partial charge on any atom is -0.267 e. The molecule has 1 N–H and O–H groups in total. The van der Waals surface area contributed by atoms with E-state index in [0.717, 1.165) is 22.5 Å². The van der Waals surface area contributed by atoms with Crippen LogP contribution in [0.1, 0.15) is 32.9 Å². The molecule has 0 aliphatic rings. The molecule has 0 unspecified atom stereocenters. The third-order valence-corrected chi connectivity index (χ3v) is 4.31. The molecule has 0 saturated carbocycles. The van der Waals surface area contributed by atoms with Crippen LogP contribution in [0.3, 0.4) is 0 Å². The fourth-order valence-electron chi connectivity index (χ4n) is 2.76. The Morgan fingerprint density at radius 3 is 2.50 bits per heavy atom. The second kappa shape index (κ2) is 8.26. The van der Waals surface area contributed by atoms with Crippen molar-refractivity contribution in [1.29, 1.82) is 0 Å². The molecule has 28 heavy (non-hydrogen) atoms. The van der Waals surface area contributed by atoms with Crippen LogP contribution < -0.4 is 5.43 Å². The Kier molecular flexibility index (Phi) is 5.59. The molecule has 0 radical (unpaired) electrons.